The van der Waals surface area contributed by atoms with Crippen molar-refractivity contribution in [3.05, 3.63) is 21.9 Å². The van der Waals surface area contributed by atoms with Gasteiger partial charge >= 0.3 is 0 Å². The van der Waals surface area contributed by atoms with Crippen molar-refractivity contribution in [2.45, 2.75) is 45.6 Å². The van der Waals surface area contributed by atoms with Crippen LogP contribution >= 0.6 is 11.3 Å². The molecule has 0 bridgehead atoms. The third-order valence-electron chi connectivity index (χ3n) is 4.71. The number of rotatable bonds is 5. The van der Waals surface area contributed by atoms with E-state index >= 15 is 0 Å². The second kappa shape index (κ2) is 4.74. The molecule has 17 heavy (non-hydrogen) atoms. The van der Waals surface area contributed by atoms with Crippen LogP contribution in [0.1, 0.15) is 49.1 Å². The Morgan fingerprint density at radius 1 is 1.41 bits per heavy atom. The van der Waals surface area contributed by atoms with Gasteiger partial charge in [-0.1, -0.05) is 13.3 Å². The van der Waals surface area contributed by atoms with Crippen molar-refractivity contribution in [1.82, 2.24) is 5.32 Å². The van der Waals surface area contributed by atoms with Crippen molar-refractivity contribution in [2.24, 2.45) is 17.8 Å². The van der Waals surface area contributed by atoms with Crippen LogP contribution in [0.25, 0.3) is 0 Å². The zero-order valence-corrected chi connectivity index (χ0v) is 11.7. The number of hydrogen-bond acceptors (Lipinski definition) is 2. The summed E-state index contributed by atoms with van der Waals surface area (Å²) in [5, 5.41) is 6.06. The molecular formula is C15H23NS. The molecule has 0 saturated heterocycles. The number of nitrogens with one attached hydrogen (secondary N) is 1. The van der Waals surface area contributed by atoms with E-state index in [-0.39, 0.29) is 0 Å². The highest BCUT2D eigenvalue weighted by molar-refractivity contribution is 7.10. The summed E-state index contributed by atoms with van der Waals surface area (Å²) in [4.78, 5) is 1.52. The van der Waals surface area contributed by atoms with E-state index in [4.69, 9.17) is 0 Å². The van der Waals surface area contributed by atoms with Crippen molar-refractivity contribution < 1.29 is 0 Å². The van der Waals surface area contributed by atoms with E-state index in [1.54, 1.807) is 5.56 Å². The van der Waals surface area contributed by atoms with Crippen LogP contribution in [0.5, 0.6) is 0 Å². The van der Waals surface area contributed by atoms with Gasteiger partial charge in [-0.15, -0.1) is 11.3 Å². The molecule has 2 aliphatic rings. The summed E-state index contributed by atoms with van der Waals surface area (Å²) in [6, 6.07) is 3.00. The van der Waals surface area contributed by atoms with Crippen molar-refractivity contribution in [2.75, 3.05) is 6.54 Å². The lowest BCUT2D eigenvalue weighted by atomic mass is 9.97. The fraction of sp³-hybridized carbons (Fsp3) is 0.733. The monoisotopic (exact) mass is 249 g/mol. The molecule has 0 spiro atoms. The first kappa shape index (κ1) is 11.7. The Morgan fingerprint density at radius 2 is 2.18 bits per heavy atom. The van der Waals surface area contributed by atoms with E-state index < -0.39 is 0 Å². The van der Waals surface area contributed by atoms with E-state index in [0.717, 1.165) is 24.3 Å². The summed E-state index contributed by atoms with van der Waals surface area (Å²) in [5.41, 5.74) is 1.59. The Kier molecular flexibility index (Phi) is 3.27. The number of fused-ring (bicyclic) bond motifs is 1. The highest BCUT2D eigenvalue weighted by Gasteiger charge is 2.56. The minimum Gasteiger partial charge on any atom is -0.310 e. The SMILES string of the molecule is CCCNC(c1ccsc1C)C1C2CCCC21. The second-order valence-corrected chi connectivity index (χ2v) is 6.82. The normalized spacial score (nSPS) is 32.5. The molecule has 3 atom stereocenters. The molecular weight excluding hydrogens is 226 g/mol. The van der Waals surface area contributed by atoms with E-state index in [1.807, 2.05) is 11.3 Å². The van der Waals surface area contributed by atoms with E-state index in [9.17, 15) is 0 Å². The molecule has 2 aliphatic carbocycles. The average molecular weight is 249 g/mol. The predicted molar refractivity (Wildman–Crippen MR) is 74.4 cm³/mol. The number of hydrogen-bond donors (Lipinski definition) is 1. The summed E-state index contributed by atoms with van der Waals surface area (Å²) < 4.78 is 0. The van der Waals surface area contributed by atoms with Crippen LogP contribution in [0.4, 0.5) is 0 Å². The average Bonchev–Trinajstić information content (AvgIpc) is 2.71. The maximum absolute atomic E-state index is 3.81. The van der Waals surface area contributed by atoms with Gasteiger partial charge in [0.2, 0.25) is 0 Å². The van der Waals surface area contributed by atoms with Gasteiger partial charge in [0.1, 0.15) is 0 Å². The molecule has 0 aromatic carbocycles. The van der Waals surface area contributed by atoms with Gasteiger partial charge in [-0.3, -0.25) is 0 Å². The van der Waals surface area contributed by atoms with Gasteiger partial charge in [-0.2, -0.15) is 0 Å². The highest BCUT2D eigenvalue weighted by Crippen LogP contribution is 2.62. The van der Waals surface area contributed by atoms with Gasteiger partial charge in [0, 0.05) is 10.9 Å². The number of aryl methyl sites for hydroxylation is 1. The topological polar surface area (TPSA) is 12.0 Å². The molecule has 0 amide bonds. The van der Waals surface area contributed by atoms with Crippen LogP contribution in [0.3, 0.4) is 0 Å². The fourth-order valence-electron chi connectivity index (χ4n) is 3.84. The largest absolute Gasteiger partial charge is 0.310 e. The molecule has 1 aromatic rings. The van der Waals surface area contributed by atoms with Gasteiger partial charge in [-0.25, -0.2) is 0 Å². The van der Waals surface area contributed by atoms with Gasteiger partial charge in [0.25, 0.3) is 0 Å². The van der Waals surface area contributed by atoms with Crippen molar-refractivity contribution >= 4 is 11.3 Å². The molecule has 0 radical (unpaired) electrons. The smallest absolute Gasteiger partial charge is 0.0365 e. The summed E-state index contributed by atoms with van der Waals surface area (Å²) in [5.74, 6) is 3.04. The quantitative estimate of drug-likeness (QED) is 0.827. The Balaban J connectivity index is 1.76. The molecule has 1 heterocycles. The zero-order chi connectivity index (χ0) is 11.8. The highest BCUT2D eigenvalue weighted by atomic mass is 32.1. The fourth-order valence-corrected chi connectivity index (χ4v) is 4.59. The van der Waals surface area contributed by atoms with Gasteiger partial charge in [0.05, 0.1) is 0 Å². The van der Waals surface area contributed by atoms with Crippen molar-refractivity contribution in [1.29, 1.82) is 0 Å². The summed E-state index contributed by atoms with van der Waals surface area (Å²) in [6.45, 7) is 5.70. The molecule has 2 saturated carbocycles. The zero-order valence-electron chi connectivity index (χ0n) is 10.9. The molecule has 2 heteroatoms. The van der Waals surface area contributed by atoms with E-state index in [0.29, 0.717) is 6.04 Å². The van der Waals surface area contributed by atoms with Gasteiger partial charge in [-0.05, 0) is 67.5 Å². The first-order chi connectivity index (χ1) is 8.33. The molecule has 94 valence electrons. The minimum atomic E-state index is 0.650. The lowest BCUT2D eigenvalue weighted by Gasteiger charge is -2.20. The summed E-state index contributed by atoms with van der Waals surface area (Å²) in [6.07, 6.45) is 5.70. The third-order valence-corrected chi connectivity index (χ3v) is 5.57. The molecule has 1 aromatic heterocycles. The summed E-state index contributed by atoms with van der Waals surface area (Å²) >= 11 is 1.90. The maximum Gasteiger partial charge on any atom is 0.0365 e. The Labute approximate surface area is 109 Å². The lowest BCUT2D eigenvalue weighted by molar-refractivity contribution is 0.417. The second-order valence-electron chi connectivity index (χ2n) is 5.70. The molecule has 1 N–H and O–H groups in total. The van der Waals surface area contributed by atoms with Crippen molar-refractivity contribution in [3.8, 4) is 0 Å². The van der Waals surface area contributed by atoms with E-state index in [1.165, 1.54) is 30.6 Å². The molecule has 3 unspecified atom stereocenters. The Morgan fingerprint density at radius 3 is 2.76 bits per heavy atom. The summed E-state index contributed by atoms with van der Waals surface area (Å²) in [7, 11) is 0. The molecule has 0 aliphatic heterocycles. The molecule has 1 nitrogen and oxygen atoms in total. The third kappa shape index (κ3) is 2.06. The lowest BCUT2D eigenvalue weighted by Crippen LogP contribution is -2.25. The number of thiophene rings is 1. The predicted octanol–water partition coefficient (Wildman–Crippen LogP) is 4.14. The molecule has 3 rings (SSSR count). The molecule has 2 fully saturated rings. The maximum atomic E-state index is 3.81. The standard InChI is InChI=1S/C15H23NS/c1-3-8-16-15(11-7-9-17-10(11)2)14-12-5-4-6-13(12)14/h7,9,12-16H,3-6,8H2,1-2H3. The van der Waals surface area contributed by atoms with Crippen LogP contribution in [0, 0.1) is 24.7 Å². The van der Waals surface area contributed by atoms with Gasteiger partial charge in [0.15, 0.2) is 0 Å². The minimum absolute atomic E-state index is 0.650. The van der Waals surface area contributed by atoms with Crippen LogP contribution in [0.15, 0.2) is 11.4 Å². The van der Waals surface area contributed by atoms with Crippen LogP contribution in [-0.2, 0) is 0 Å². The van der Waals surface area contributed by atoms with Crippen LogP contribution < -0.4 is 5.32 Å². The van der Waals surface area contributed by atoms with Gasteiger partial charge < -0.3 is 5.32 Å². The Hall–Kier alpha value is -0.340. The van der Waals surface area contributed by atoms with Crippen LogP contribution in [0.2, 0.25) is 0 Å². The van der Waals surface area contributed by atoms with Crippen LogP contribution in [-0.4, -0.2) is 6.54 Å². The van der Waals surface area contributed by atoms with Crippen molar-refractivity contribution in [3.63, 3.8) is 0 Å². The first-order valence-electron chi connectivity index (χ1n) is 7.10. The first-order valence-corrected chi connectivity index (χ1v) is 7.98. The Bertz CT molecular complexity index is 374. The van der Waals surface area contributed by atoms with E-state index in [2.05, 4.69) is 30.6 Å².